The van der Waals surface area contributed by atoms with E-state index in [2.05, 4.69) is 19.2 Å². The van der Waals surface area contributed by atoms with Gasteiger partial charge in [-0.05, 0) is 41.8 Å². The molecule has 0 radical (unpaired) electrons. The summed E-state index contributed by atoms with van der Waals surface area (Å²) in [5.74, 6) is -2.36. The normalized spacial score (nSPS) is 10.7. The first-order valence-corrected chi connectivity index (χ1v) is 8.41. The van der Waals surface area contributed by atoms with Crippen molar-refractivity contribution >= 4 is 17.5 Å². The Morgan fingerprint density at radius 1 is 1.04 bits per heavy atom. The molecular formula is C20H22F2N2O2. The van der Waals surface area contributed by atoms with Crippen LogP contribution in [0.15, 0.2) is 42.5 Å². The summed E-state index contributed by atoms with van der Waals surface area (Å²) >= 11 is 0. The second-order valence-electron chi connectivity index (χ2n) is 6.30. The number of carbonyl (C=O) groups is 2. The summed E-state index contributed by atoms with van der Waals surface area (Å²) in [5, 5.41) is 2.61. The van der Waals surface area contributed by atoms with E-state index >= 15 is 0 Å². The lowest BCUT2D eigenvalue weighted by Gasteiger charge is -2.22. The summed E-state index contributed by atoms with van der Waals surface area (Å²) in [7, 11) is 0. The zero-order valence-corrected chi connectivity index (χ0v) is 15.1. The summed E-state index contributed by atoms with van der Waals surface area (Å²) in [4.78, 5) is 25.5. The first kappa shape index (κ1) is 19.6. The van der Waals surface area contributed by atoms with Crippen molar-refractivity contribution in [1.29, 1.82) is 0 Å². The maximum absolute atomic E-state index is 13.2. The minimum absolute atomic E-state index is 0.0274. The third-order valence-electron chi connectivity index (χ3n) is 4.05. The van der Waals surface area contributed by atoms with Gasteiger partial charge in [-0.2, -0.15) is 0 Å². The molecule has 4 nitrogen and oxygen atoms in total. The van der Waals surface area contributed by atoms with Gasteiger partial charge >= 0.3 is 0 Å². The Kier molecular flexibility index (Phi) is 6.44. The van der Waals surface area contributed by atoms with E-state index in [1.54, 1.807) is 4.90 Å². The topological polar surface area (TPSA) is 49.4 Å². The highest BCUT2D eigenvalue weighted by Crippen LogP contribution is 2.20. The number of benzene rings is 2. The standard InChI is InChI=1S/C20H22F2N2O2/c1-13(2)15-4-7-17(8-5-15)24(14(3)25)11-10-23-20(26)16-6-9-18(21)19(22)12-16/h4-9,12-13H,10-11H2,1-3H3,(H,23,26). The Morgan fingerprint density at radius 2 is 1.69 bits per heavy atom. The monoisotopic (exact) mass is 360 g/mol. The first-order valence-electron chi connectivity index (χ1n) is 8.41. The van der Waals surface area contributed by atoms with Crippen molar-refractivity contribution in [3.8, 4) is 0 Å². The summed E-state index contributed by atoms with van der Waals surface area (Å²) in [6.07, 6.45) is 0. The fourth-order valence-corrected chi connectivity index (χ4v) is 2.53. The predicted octanol–water partition coefficient (Wildman–Crippen LogP) is 3.87. The van der Waals surface area contributed by atoms with Gasteiger partial charge in [0.2, 0.25) is 5.91 Å². The largest absolute Gasteiger partial charge is 0.350 e. The Labute approximate surface area is 151 Å². The summed E-state index contributed by atoms with van der Waals surface area (Å²) in [6.45, 7) is 6.08. The summed E-state index contributed by atoms with van der Waals surface area (Å²) < 4.78 is 26.1. The molecular weight excluding hydrogens is 338 g/mol. The van der Waals surface area contributed by atoms with Gasteiger partial charge in [0, 0.05) is 31.3 Å². The second-order valence-corrected chi connectivity index (χ2v) is 6.30. The van der Waals surface area contributed by atoms with Crippen molar-refractivity contribution in [2.24, 2.45) is 0 Å². The quantitative estimate of drug-likeness (QED) is 0.850. The minimum Gasteiger partial charge on any atom is -0.350 e. The maximum Gasteiger partial charge on any atom is 0.251 e. The van der Waals surface area contributed by atoms with Gasteiger partial charge in [-0.1, -0.05) is 26.0 Å². The molecule has 2 aromatic carbocycles. The number of hydrogen-bond acceptors (Lipinski definition) is 2. The van der Waals surface area contributed by atoms with Gasteiger partial charge in [-0.15, -0.1) is 0 Å². The number of halogens is 2. The van der Waals surface area contributed by atoms with Crippen LogP contribution >= 0.6 is 0 Å². The van der Waals surface area contributed by atoms with Gasteiger partial charge in [0.1, 0.15) is 0 Å². The van der Waals surface area contributed by atoms with E-state index in [4.69, 9.17) is 0 Å². The predicted molar refractivity (Wildman–Crippen MR) is 97.2 cm³/mol. The lowest BCUT2D eigenvalue weighted by atomic mass is 10.0. The number of hydrogen-bond donors (Lipinski definition) is 1. The fraction of sp³-hybridized carbons (Fsp3) is 0.300. The highest BCUT2D eigenvalue weighted by molar-refractivity contribution is 5.94. The molecule has 0 saturated heterocycles. The van der Waals surface area contributed by atoms with E-state index in [0.717, 1.165) is 17.8 Å². The highest BCUT2D eigenvalue weighted by atomic mass is 19.2. The number of rotatable bonds is 6. The fourth-order valence-electron chi connectivity index (χ4n) is 2.53. The summed E-state index contributed by atoms with van der Waals surface area (Å²) in [6, 6.07) is 10.6. The van der Waals surface area contributed by atoms with Crippen molar-refractivity contribution in [3.05, 3.63) is 65.2 Å². The smallest absolute Gasteiger partial charge is 0.251 e. The SMILES string of the molecule is CC(=O)N(CCNC(=O)c1ccc(F)c(F)c1)c1ccc(C(C)C)cc1. The molecule has 0 aliphatic heterocycles. The number of anilines is 1. The molecule has 6 heteroatoms. The Bertz CT molecular complexity index is 789. The van der Waals surface area contributed by atoms with Crippen molar-refractivity contribution in [2.45, 2.75) is 26.7 Å². The van der Waals surface area contributed by atoms with Crippen LogP contribution in [0.5, 0.6) is 0 Å². The zero-order chi connectivity index (χ0) is 19.3. The molecule has 2 rings (SSSR count). The van der Waals surface area contributed by atoms with E-state index in [9.17, 15) is 18.4 Å². The number of nitrogens with one attached hydrogen (secondary N) is 1. The molecule has 2 aromatic rings. The van der Waals surface area contributed by atoms with Gasteiger partial charge in [0.05, 0.1) is 0 Å². The zero-order valence-electron chi connectivity index (χ0n) is 15.1. The van der Waals surface area contributed by atoms with Crippen LogP contribution in [0.25, 0.3) is 0 Å². The second kappa shape index (κ2) is 8.56. The molecule has 0 saturated carbocycles. The molecule has 0 bridgehead atoms. The molecule has 0 heterocycles. The van der Waals surface area contributed by atoms with Crippen molar-refractivity contribution < 1.29 is 18.4 Å². The molecule has 26 heavy (non-hydrogen) atoms. The van der Waals surface area contributed by atoms with Gasteiger partial charge in [0.25, 0.3) is 5.91 Å². The van der Waals surface area contributed by atoms with Crippen LogP contribution in [0.1, 0.15) is 42.6 Å². The molecule has 0 fully saturated rings. The molecule has 0 unspecified atom stereocenters. The van der Waals surface area contributed by atoms with Crippen molar-refractivity contribution in [2.75, 3.05) is 18.0 Å². The van der Waals surface area contributed by atoms with E-state index < -0.39 is 17.5 Å². The lowest BCUT2D eigenvalue weighted by molar-refractivity contribution is -0.116. The lowest BCUT2D eigenvalue weighted by Crippen LogP contribution is -2.37. The third kappa shape index (κ3) is 4.88. The first-order chi connectivity index (χ1) is 12.3. The van der Waals surface area contributed by atoms with Crippen LogP contribution in [0.4, 0.5) is 14.5 Å². The molecule has 1 N–H and O–H groups in total. The highest BCUT2D eigenvalue weighted by Gasteiger charge is 2.14. The number of amides is 2. The van der Waals surface area contributed by atoms with E-state index in [1.165, 1.54) is 18.6 Å². The third-order valence-corrected chi connectivity index (χ3v) is 4.05. The molecule has 2 amide bonds. The van der Waals surface area contributed by atoms with E-state index in [1.807, 2.05) is 24.3 Å². The molecule has 0 spiro atoms. The molecule has 0 aromatic heterocycles. The number of nitrogens with zero attached hydrogens (tertiary/aromatic N) is 1. The maximum atomic E-state index is 13.2. The van der Waals surface area contributed by atoms with Gasteiger partial charge in [-0.25, -0.2) is 8.78 Å². The molecule has 0 atom stereocenters. The average Bonchev–Trinajstić information content (AvgIpc) is 2.60. The van der Waals surface area contributed by atoms with Crippen molar-refractivity contribution in [1.82, 2.24) is 5.32 Å². The van der Waals surface area contributed by atoms with Gasteiger partial charge in [0.15, 0.2) is 11.6 Å². The van der Waals surface area contributed by atoms with Crippen LogP contribution in [0, 0.1) is 11.6 Å². The molecule has 138 valence electrons. The Morgan fingerprint density at radius 3 is 2.23 bits per heavy atom. The number of carbonyl (C=O) groups excluding carboxylic acids is 2. The minimum atomic E-state index is -1.08. The summed E-state index contributed by atoms with van der Waals surface area (Å²) in [5.41, 5.74) is 1.94. The van der Waals surface area contributed by atoms with Crippen LogP contribution in [0.3, 0.4) is 0 Å². The van der Waals surface area contributed by atoms with Crippen LogP contribution in [-0.2, 0) is 4.79 Å². The molecule has 0 aliphatic carbocycles. The van der Waals surface area contributed by atoms with E-state index in [-0.39, 0.29) is 24.6 Å². The average molecular weight is 360 g/mol. The van der Waals surface area contributed by atoms with Gasteiger partial charge < -0.3 is 10.2 Å². The van der Waals surface area contributed by atoms with Crippen LogP contribution < -0.4 is 10.2 Å². The van der Waals surface area contributed by atoms with E-state index in [0.29, 0.717) is 5.92 Å². The Balaban J connectivity index is 1.99. The van der Waals surface area contributed by atoms with Gasteiger partial charge in [-0.3, -0.25) is 9.59 Å². The van der Waals surface area contributed by atoms with Crippen molar-refractivity contribution in [3.63, 3.8) is 0 Å². The molecule has 0 aliphatic rings. The van der Waals surface area contributed by atoms with Crippen LogP contribution in [-0.4, -0.2) is 24.9 Å². The Hall–Kier alpha value is -2.76. The van der Waals surface area contributed by atoms with Crippen LogP contribution in [0.2, 0.25) is 0 Å².